The van der Waals surface area contributed by atoms with E-state index in [9.17, 15) is 4.79 Å². The summed E-state index contributed by atoms with van der Waals surface area (Å²) in [5, 5.41) is 7.11. The van der Waals surface area contributed by atoms with E-state index in [0.717, 1.165) is 30.6 Å². The average Bonchev–Trinajstić information content (AvgIpc) is 2.42. The van der Waals surface area contributed by atoms with Gasteiger partial charge in [-0.1, -0.05) is 29.6 Å². The molecule has 4 nitrogen and oxygen atoms in total. The SMILES string of the molecule is O=C(Nc1ccc(Nc2ccc(Cl)cc2Cl)cn1)C1CCC1. The molecule has 2 aromatic rings. The molecule has 114 valence electrons. The average molecular weight is 336 g/mol. The molecule has 1 saturated carbocycles. The molecule has 2 N–H and O–H groups in total. The topological polar surface area (TPSA) is 54.0 Å². The molecule has 1 heterocycles. The van der Waals surface area contributed by atoms with Crippen molar-refractivity contribution in [2.45, 2.75) is 19.3 Å². The minimum absolute atomic E-state index is 0.0557. The molecular formula is C16H15Cl2N3O. The monoisotopic (exact) mass is 335 g/mol. The largest absolute Gasteiger partial charge is 0.353 e. The van der Waals surface area contributed by atoms with Gasteiger partial charge in [-0.3, -0.25) is 4.79 Å². The lowest BCUT2D eigenvalue weighted by atomic mass is 9.85. The molecule has 22 heavy (non-hydrogen) atoms. The molecule has 0 saturated heterocycles. The van der Waals surface area contributed by atoms with Crippen molar-refractivity contribution in [1.82, 2.24) is 4.98 Å². The van der Waals surface area contributed by atoms with Crippen molar-refractivity contribution in [3.05, 3.63) is 46.6 Å². The van der Waals surface area contributed by atoms with Crippen molar-refractivity contribution in [2.24, 2.45) is 5.92 Å². The molecule has 6 heteroatoms. The number of anilines is 3. The Morgan fingerprint density at radius 3 is 2.59 bits per heavy atom. The first kappa shape index (κ1) is 15.1. The zero-order valence-corrected chi connectivity index (χ0v) is 13.3. The smallest absolute Gasteiger partial charge is 0.228 e. The third-order valence-corrected chi connectivity index (χ3v) is 4.25. The number of nitrogens with one attached hydrogen (secondary N) is 2. The number of nitrogens with zero attached hydrogens (tertiary/aromatic N) is 1. The Labute approximate surface area is 138 Å². The fourth-order valence-electron chi connectivity index (χ4n) is 2.19. The van der Waals surface area contributed by atoms with Crippen LogP contribution in [0.4, 0.5) is 17.2 Å². The van der Waals surface area contributed by atoms with E-state index in [-0.39, 0.29) is 11.8 Å². The highest BCUT2D eigenvalue weighted by atomic mass is 35.5. The van der Waals surface area contributed by atoms with Gasteiger partial charge in [0.05, 0.1) is 22.6 Å². The summed E-state index contributed by atoms with van der Waals surface area (Å²) < 4.78 is 0. The number of hydrogen-bond donors (Lipinski definition) is 2. The third-order valence-electron chi connectivity index (χ3n) is 3.70. The van der Waals surface area contributed by atoms with Gasteiger partial charge in [-0.05, 0) is 43.2 Å². The molecule has 1 aromatic carbocycles. The first-order chi connectivity index (χ1) is 10.6. The zero-order chi connectivity index (χ0) is 15.5. The second-order valence-corrected chi connectivity index (χ2v) is 6.14. The second kappa shape index (κ2) is 6.55. The van der Waals surface area contributed by atoms with Crippen LogP contribution >= 0.6 is 23.2 Å². The van der Waals surface area contributed by atoms with E-state index in [1.54, 1.807) is 30.5 Å². The summed E-state index contributed by atoms with van der Waals surface area (Å²) >= 11 is 12.0. The lowest BCUT2D eigenvalue weighted by Crippen LogP contribution is -2.28. The van der Waals surface area contributed by atoms with Crippen LogP contribution in [0.2, 0.25) is 10.0 Å². The van der Waals surface area contributed by atoms with Crippen LogP contribution in [0, 0.1) is 5.92 Å². The quantitative estimate of drug-likeness (QED) is 0.837. The van der Waals surface area contributed by atoms with Crippen LogP contribution in [-0.2, 0) is 4.79 Å². The Hall–Kier alpha value is -1.78. The van der Waals surface area contributed by atoms with E-state index in [1.807, 2.05) is 6.07 Å². The van der Waals surface area contributed by atoms with Crippen LogP contribution in [0.3, 0.4) is 0 Å². The molecule has 0 bridgehead atoms. The number of aromatic nitrogens is 1. The van der Waals surface area contributed by atoms with Crippen molar-refractivity contribution >= 4 is 46.3 Å². The lowest BCUT2D eigenvalue weighted by molar-refractivity contribution is -0.122. The molecule has 1 fully saturated rings. The van der Waals surface area contributed by atoms with Gasteiger partial charge in [0.2, 0.25) is 5.91 Å². The Bertz CT molecular complexity index is 684. The van der Waals surface area contributed by atoms with Gasteiger partial charge in [-0.2, -0.15) is 0 Å². The molecule has 0 aliphatic heterocycles. The maximum absolute atomic E-state index is 11.9. The van der Waals surface area contributed by atoms with Gasteiger partial charge in [0.15, 0.2) is 0 Å². The normalized spacial score (nSPS) is 14.3. The molecular weight excluding hydrogens is 321 g/mol. The highest BCUT2D eigenvalue weighted by molar-refractivity contribution is 6.36. The summed E-state index contributed by atoms with van der Waals surface area (Å²) in [6.45, 7) is 0. The van der Waals surface area contributed by atoms with Gasteiger partial charge in [0.25, 0.3) is 0 Å². The molecule has 0 atom stereocenters. The molecule has 0 spiro atoms. The summed E-state index contributed by atoms with van der Waals surface area (Å²) in [5.74, 6) is 0.761. The van der Waals surface area contributed by atoms with Crippen molar-refractivity contribution in [3.8, 4) is 0 Å². The number of amides is 1. The summed E-state index contributed by atoms with van der Waals surface area (Å²) in [5.41, 5.74) is 1.53. The van der Waals surface area contributed by atoms with E-state index in [0.29, 0.717) is 15.9 Å². The zero-order valence-electron chi connectivity index (χ0n) is 11.8. The Morgan fingerprint density at radius 1 is 1.18 bits per heavy atom. The van der Waals surface area contributed by atoms with Gasteiger partial charge >= 0.3 is 0 Å². The standard InChI is InChI=1S/C16H15Cl2N3O/c17-11-4-6-14(13(18)8-11)20-12-5-7-15(19-9-12)21-16(22)10-2-1-3-10/h4-10,20H,1-3H2,(H,19,21,22). The molecule has 0 unspecified atom stereocenters. The Morgan fingerprint density at radius 2 is 2.00 bits per heavy atom. The predicted molar refractivity (Wildman–Crippen MR) is 90.0 cm³/mol. The van der Waals surface area contributed by atoms with E-state index in [1.165, 1.54) is 0 Å². The first-order valence-corrected chi connectivity index (χ1v) is 7.86. The third kappa shape index (κ3) is 3.51. The Balaban J connectivity index is 1.64. The fraction of sp³-hybridized carbons (Fsp3) is 0.250. The van der Waals surface area contributed by atoms with E-state index < -0.39 is 0 Å². The number of carbonyl (C=O) groups excluding carboxylic acids is 1. The predicted octanol–water partition coefficient (Wildman–Crippen LogP) is 4.87. The summed E-state index contributed by atoms with van der Waals surface area (Å²) in [4.78, 5) is 16.1. The highest BCUT2D eigenvalue weighted by Crippen LogP contribution is 2.29. The van der Waals surface area contributed by atoms with Gasteiger partial charge < -0.3 is 10.6 Å². The van der Waals surface area contributed by atoms with Gasteiger partial charge in [0, 0.05) is 10.9 Å². The molecule has 1 aromatic heterocycles. The van der Waals surface area contributed by atoms with E-state index in [2.05, 4.69) is 15.6 Å². The summed E-state index contributed by atoms with van der Waals surface area (Å²) in [6, 6.07) is 8.84. The van der Waals surface area contributed by atoms with Crippen LogP contribution in [0.25, 0.3) is 0 Å². The Kier molecular flexibility index (Phi) is 4.50. The van der Waals surface area contributed by atoms with Gasteiger partial charge in [-0.25, -0.2) is 4.98 Å². The highest BCUT2D eigenvalue weighted by Gasteiger charge is 2.25. The summed E-state index contributed by atoms with van der Waals surface area (Å²) in [6.07, 6.45) is 4.73. The van der Waals surface area contributed by atoms with E-state index >= 15 is 0 Å². The van der Waals surface area contributed by atoms with Crippen LogP contribution < -0.4 is 10.6 Å². The number of benzene rings is 1. The van der Waals surface area contributed by atoms with Crippen LogP contribution in [0.15, 0.2) is 36.5 Å². The molecule has 1 amide bonds. The van der Waals surface area contributed by atoms with E-state index in [4.69, 9.17) is 23.2 Å². The minimum atomic E-state index is 0.0557. The first-order valence-electron chi connectivity index (χ1n) is 7.11. The van der Waals surface area contributed by atoms with Crippen molar-refractivity contribution in [2.75, 3.05) is 10.6 Å². The minimum Gasteiger partial charge on any atom is -0.353 e. The number of carbonyl (C=O) groups is 1. The molecule has 1 aliphatic carbocycles. The number of pyridine rings is 1. The number of hydrogen-bond acceptors (Lipinski definition) is 3. The van der Waals surface area contributed by atoms with Crippen molar-refractivity contribution in [3.63, 3.8) is 0 Å². The number of rotatable bonds is 4. The van der Waals surface area contributed by atoms with Crippen LogP contribution in [0.1, 0.15) is 19.3 Å². The fourth-order valence-corrected chi connectivity index (χ4v) is 2.64. The van der Waals surface area contributed by atoms with Gasteiger partial charge in [0.1, 0.15) is 5.82 Å². The summed E-state index contributed by atoms with van der Waals surface area (Å²) in [7, 11) is 0. The van der Waals surface area contributed by atoms with Crippen molar-refractivity contribution < 1.29 is 4.79 Å². The maximum atomic E-state index is 11.9. The van der Waals surface area contributed by atoms with Gasteiger partial charge in [-0.15, -0.1) is 0 Å². The molecule has 1 aliphatic rings. The second-order valence-electron chi connectivity index (χ2n) is 5.30. The maximum Gasteiger partial charge on any atom is 0.228 e. The van der Waals surface area contributed by atoms with Crippen molar-refractivity contribution in [1.29, 1.82) is 0 Å². The number of halogens is 2. The lowest BCUT2D eigenvalue weighted by Gasteiger charge is -2.23. The van der Waals surface area contributed by atoms with Crippen LogP contribution in [0.5, 0.6) is 0 Å². The molecule has 3 rings (SSSR count). The van der Waals surface area contributed by atoms with Crippen LogP contribution in [-0.4, -0.2) is 10.9 Å². The molecule has 0 radical (unpaired) electrons.